The van der Waals surface area contributed by atoms with E-state index in [2.05, 4.69) is 5.32 Å². The number of ether oxygens (including phenoxy) is 2. The lowest BCUT2D eigenvalue weighted by Gasteiger charge is -2.44. The number of nitrogens with one attached hydrogen (secondary N) is 1. The summed E-state index contributed by atoms with van der Waals surface area (Å²) in [5, 5.41) is 2.75. The molecule has 2 saturated carbocycles. The summed E-state index contributed by atoms with van der Waals surface area (Å²) < 4.78 is 40.7. The van der Waals surface area contributed by atoms with Gasteiger partial charge in [0.05, 0.1) is 25.3 Å². The van der Waals surface area contributed by atoms with Crippen LogP contribution in [0.15, 0.2) is 29.2 Å². The molecular weight excluding hydrogens is 448 g/mol. The third-order valence-corrected chi connectivity index (χ3v) is 7.44. The zero-order valence-corrected chi connectivity index (χ0v) is 18.5. The second-order valence-corrected chi connectivity index (χ2v) is 9.46. The third kappa shape index (κ3) is 3.08. The molecular formula is C24H23F2N3O5. The van der Waals surface area contributed by atoms with E-state index < -0.39 is 34.7 Å². The monoisotopic (exact) mass is 471 g/mol. The van der Waals surface area contributed by atoms with Gasteiger partial charge in [0.1, 0.15) is 17.2 Å². The minimum Gasteiger partial charge on any atom is -0.491 e. The molecule has 2 aromatic rings. The Bertz CT molecular complexity index is 1290. The molecule has 2 amide bonds. The third-order valence-electron chi connectivity index (χ3n) is 7.44. The molecule has 1 N–H and O–H groups in total. The Morgan fingerprint density at radius 1 is 1.24 bits per heavy atom. The Morgan fingerprint density at radius 3 is 2.74 bits per heavy atom. The average Bonchev–Trinajstić information content (AvgIpc) is 3.47. The van der Waals surface area contributed by atoms with Crippen LogP contribution in [0.2, 0.25) is 0 Å². The van der Waals surface area contributed by atoms with E-state index in [9.17, 15) is 23.2 Å². The average molecular weight is 471 g/mol. The number of rotatable bonds is 4. The minimum absolute atomic E-state index is 0.0631. The van der Waals surface area contributed by atoms with Crippen molar-refractivity contribution in [1.29, 1.82) is 0 Å². The first kappa shape index (κ1) is 21.3. The van der Waals surface area contributed by atoms with E-state index in [1.807, 2.05) is 0 Å². The van der Waals surface area contributed by atoms with Crippen LogP contribution >= 0.6 is 0 Å². The van der Waals surface area contributed by atoms with Crippen molar-refractivity contribution in [2.75, 3.05) is 7.11 Å². The zero-order chi connectivity index (χ0) is 23.8. The maximum atomic E-state index is 14.4. The second kappa shape index (κ2) is 7.36. The fourth-order valence-electron chi connectivity index (χ4n) is 5.64. The number of fused-ring (bicyclic) bond motifs is 5. The van der Waals surface area contributed by atoms with Crippen LogP contribution in [0.25, 0.3) is 0 Å². The quantitative estimate of drug-likeness (QED) is 0.739. The number of amides is 2. The Kier molecular flexibility index (Phi) is 4.61. The molecule has 178 valence electrons. The summed E-state index contributed by atoms with van der Waals surface area (Å²) in [5.74, 6) is -2.73. The predicted octanol–water partition coefficient (Wildman–Crippen LogP) is 2.29. The summed E-state index contributed by atoms with van der Waals surface area (Å²) in [6.45, 7) is 0.267. The summed E-state index contributed by atoms with van der Waals surface area (Å²) in [5.41, 5.74) is -1.66. The summed E-state index contributed by atoms with van der Waals surface area (Å²) in [4.78, 5) is 41.5. The number of halogens is 2. The number of carbonyl (C=O) groups is 2. The van der Waals surface area contributed by atoms with E-state index in [4.69, 9.17) is 9.47 Å². The molecule has 2 aliphatic carbocycles. The standard InChI is InChI=1S/C24H23F2N3O5/c1-33-21-19-23(32)29-13-3-4-14(9-13)34-18(29)11-28(19)10-15(20(21)30)22(31)27-24(6-7-24)16-5-2-12(25)8-17(16)26/h2,5,8,10,13-14,18H,3-4,6-7,9,11H2,1H3,(H,27,31)/t13-,14+,18+/m1/s1. The van der Waals surface area contributed by atoms with E-state index in [0.717, 1.165) is 31.4 Å². The molecule has 34 heavy (non-hydrogen) atoms. The predicted molar refractivity (Wildman–Crippen MR) is 114 cm³/mol. The van der Waals surface area contributed by atoms with Gasteiger partial charge < -0.3 is 24.3 Å². The van der Waals surface area contributed by atoms with E-state index in [0.29, 0.717) is 12.8 Å². The molecule has 0 unspecified atom stereocenters. The van der Waals surface area contributed by atoms with Crippen molar-refractivity contribution in [3.05, 3.63) is 63.1 Å². The Morgan fingerprint density at radius 2 is 2.03 bits per heavy atom. The van der Waals surface area contributed by atoms with Crippen molar-refractivity contribution < 1.29 is 27.8 Å². The van der Waals surface area contributed by atoms with Crippen LogP contribution in [0.4, 0.5) is 8.78 Å². The highest BCUT2D eigenvalue weighted by molar-refractivity contribution is 5.99. The van der Waals surface area contributed by atoms with Crippen LogP contribution in [-0.4, -0.2) is 46.8 Å². The van der Waals surface area contributed by atoms with Gasteiger partial charge in [-0.1, -0.05) is 6.07 Å². The van der Waals surface area contributed by atoms with Gasteiger partial charge in [-0.3, -0.25) is 14.4 Å². The molecule has 1 aromatic carbocycles. The maximum Gasteiger partial charge on any atom is 0.276 e. The first-order chi connectivity index (χ1) is 16.3. The molecule has 1 saturated heterocycles. The maximum absolute atomic E-state index is 14.4. The van der Waals surface area contributed by atoms with E-state index in [1.165, 1.54) is 19.4 Å². The highest BCUT2D eigenvalue weighted by atomic mass is 19.1. The van der Waals surface area contributed by atoms with Crippen LogP contribution in [0.3, 0.4) is 0 Å². The Hall–Kier alpha value is -3.27. The van der Waals surface area contributed by atoms with Gasteiger partial charge in [-0.05, 0) is 38.2 Å². The summed E-state index contributed by atoms with van der Waals surface area (Å²) >= 11 is 0. The highest BCUT2D eigenvalue weighted by Gasteiger charge is 2.50. The molecule has 3 fully saturated rings. The van der Waals surface area contributed by atoms with Crippen molar-refractivity contribution >= 4 is 11.8 Å². The molecule has 0 radical (unpaired) electrons. The number of hydrogen-bond donors (Lipinski definition) is 1. The lowest BCUT2D eigenvalue weighted by atomic mass is 10.0. The molecule has 4 aliphatic rings. The van der Waals surface area contributed by atoms with Gasteiger partial charge >= 0.3 is 0 Å². The van der Waals surface area contributed by atoms with Crippen molar-refractivity contribution in [1.82, 2.24) is 14.8 Å². The fraction of sp³-hybridized carbons (Fsp3) is 0.458. The molecule has 3 atom stereocenters. The zero-order valence-electron chi connectivity index (χ0n) is 18.5. The van der Waals surface area contributed by atoms with Crippen LogP contribution in [0.1, 0.15) is 58.5 Å². The van der Waals surface area contributed by atoms with Gasteiger partial charge in [-0.2, -0.15) is 0 Å². The normalized spacial score (nSPS) is 26.0. The van der Waals surface area contributed by atoms with E-state index in [-0.39, 0.29) is 47.2 Å². The number of nitrogens with zero attached hydrogens (tertiary/aromatic N) is 2. The molecule has 2 aliphatic heterocycles. The fourth-order valence-corrected chi connectivity index (χ4v) is 5.64. The molecule has 10 heteroatoms. The van der Waals surface area contributed by atoms with Gasteiger partial charge in [-0.15, -0.1) is 0 Å². The number of aromatic nitrogens is 1. The van der Waals surface area contributed by atoms with Crippen LogP contribution in [-0.2, 0) is 16.8 Å². The summed E-state index contributed by atoms with van der Waals surface area (Å²) in [7, 11) is 1.28. The van der Waals surface area contributed by atoms with Crippen LogP contribution < -0.4 is 15.5 Å². The topological polar surface area (TPSA) is 89.9 Å². The Labute approximate surface area is 193 Å². The van der Waals surface area contributed by atoms with Crippen LogP contribution in [0, 0.1) is 11.6 Å². The number of hydrogen-bond acceptors (Lipinski definition) is 5. The van der Waals surface area contributed by atoms with Gasteiger partial charge in [0.2, 0.25) is 5.43 Å². The molecule has 6 rings (SSSR count). The van der Waals surface area contributed by atoms with Crippen molar-refractivity contribution in [2.24, 2.45) is 0 Å². The Balaban J connectivity index is 1.36. The largest absolute Gasteiger partial charge is 0.491 e. The number of carbonyl (C=O) groups excluding carboxylic acids is 2. The SMILES string of the molecule is COc1c2n(cc(C(=O)NC3(c4ccc(F)cc4F)CC3)c1=O)C[C@@H]1O[C@H]3CC[C@H](C3)N1C2=O. The molecule has 8 nitrogen and oxygen atoms in total. The van der Waals surface area contributed by atoms with Crippen molar-refractivity contribution in [2.45, 2.75) is 62.6 Å². The molecule has 3 heterocycles. The molecule has 0 spiro atoms. The number of benzene rings is 1. The molecule has 1 aromatic heterocycles. The van der Waals surface area contributed by atoms with Gasteiger partial charge in [0.25, 0.3) is 11.8 Å². The lowest BCUT2D eigenvalue weighted by molar-refractivity contribution is -0.132. The number of methoxy groups -OCH3 is 1. The van der Waals surface area contributed by atoms with Crippen LogP contribution in [0.5, 0.6) is 5.75 Å². The minimum atomic E-state index is -1.01. The molecule has 2 bridgehead atoms. The van der Waals surface area contributed by atoms with Crippen molar-refractivity contribution in [3.8, 4) is 5.75 Å². The summed E-state index contributed by atoms with van der Waals surface area (Å²) in [6.07, 6.45) is 4.39. The lowest BCUT2D eigenvalue weighted by Crippen LogP contribution is -2.57. The number of pyridine rings is 1. The van der Waals surface area contributed by atoms with E-state index in [1.54, 1.807) is 9.47 Å². The first-order valence-electron chi connectivity index (χ1n) is 11.4. The van der Waals surface area contributed by atoms with Gasteiger partial charge in [0.15, 0.2) is 17.7 Å². The first-order valence-corrected chi connectivity index (χ1v) is 11.4. The van der Waals surface area contributed by atoms with Crippen molar-refractivity contribution in [3.63, 3.8) is 0 Å². The second-order valence-electron chi connectivity index (χ2n) is 9.46. The smallest absolute Gasteiger partial charge is 0.276 e. The van der Waals surface area contributed by atoms with E-state index >= 15 is 0 Å². The summed E-state index contributed by atoms with van der Waals surface area (Å²) in [6, 6.07) is 3.27. The van der Waals surface area contributed by atoms with Gasteiger partial charge in [-0.25, -0.2) is 8.78 Å². The highest BCUT2D eigenvalue weighted by Crippen LogP contribution is 2.47. The van der Waals surface area contributed by atoms with Gasteiger partial charge in [0, 0.05) is 23.9 Å².